The van der Waals surface area contributed by atoms with Gasteiger partial charge in [0.05, 0.1) is 32.2 Å². The van der Waals surface area contributed by atoms with Crippen molar-refractivity contribution in [2.75, 3.05) is 27.3 Å². The molecular formula is C28H36N2O6S. The average molecular weight is 529 g/mol. The van der Waals surface area contributed by atoms with E-state index in [1.165, 1.54) is 4.31 Å². The predicted octanol–water partition coefficient (Wildman–Crippen LogP) is 4.67. The minimum atomic E-state index is -3.86. The zero-order valence-electron chi connectivity index (χ0n) is 22.1. The molecule has 1 aromatic heterocycles. The van der Waals surface area contributed by atoms with Crippen molar-refractivity contribution in [3.05, 3.63) is 77.7 Å². The van der Waals surface area contributed by atoms with E-state index in [1.54, 1.807) is 49.5 Å². The maximum Gasteiger partial charge on any atom is 0.243 e. The summed E-state index contributed by atoms with van der Waals surface area (Å²) in [6.45, 7) is 5.91. The molecule has 8 nitrogen and oxygen atoms in total. The molecule has 9 heteroatoms. The fourth-order valence-electron chi connectivity index (χ4n) is 3.99. The van der Waals surface area contributed by atoms with Crippen LogP contribution in [0, 0.1) is 6.92 Å². The van der Waals surface area contributed by atoms with E-state index in [0.29, 0.717) is 36.6 Å². The van der Waals surface area contributed by atoms with E-state index in [2.05, 4.69) is 0 Å². The Kier molecular flexibility index (Phi) is 9.77. The first-order chi connectivity index (χ1) is 17.7. The highest BCUT2D eigenvalue weighted by Gasteiger charge is 2.32. The second-order valence-electron chi connectivity index (χ2n) is 8.89. The lowest BCUT2D eigenvalue weighted by atomic mass is 10.1. The number of rotatable bonds is 13. The van der Waals surface area contributed by atoms with Crippen LogP contribution in [0.4, 0.5) is 0 Å². The molecule has 0 bridgehead atoms. The van der Waals surface area contributed by atoms with Crippen LogP contribution in [0.5, 0.6) is 11.5 Å². The molecule has 1 unspecified atom stereocenters. The van der Waals surface area contributed by atoms with Crippen LogP contribution in [0.2, 0.25) is 0 Å². The van der Waals surface area contributed by atoms with Gasteiger partial charge in [-0.1, -0.05) is 31.2 Å². The molecule has 0 aliphatic carbocycles. The zero-order chi connectivity index (χ0) is 27.0. The minimum Gasteiger partial charge on any atom is -0.493 e. The summed E-state index contributed by atoms with van der Waals surface area (Å²) in [4.78, 5) is 15.5. The van der Waals surface area contributed by atoms with E-state index in [4.69, 9.17) is 13.9 Å². The third-order valence-corrected chi connectivity index (χ3v) is 8.31. The van der Waals surface area contributed by atoms with Gasteiger partial charge in [-0.05, 0) is 68.7 Å². The summed E-state index contributed by atoms with van der Waals surface area (Å²) in [7, 11) is -0.706. The summed E-state index contributed by atoms with van der Waals surface area (Å²) in [5.41, 5.74) is 0.960. The number of furan rings is 1. The van der Waals surface area contributed by atoms with Crippen LogP contribution in [-0.2, 0) is 27.8 Å². The highest BCUT2D eigenvalue weighted by atomic mass is 32.2. The maximum absolute atomic E-state index is 13.6. The van der Waals surface area contributed by atoms with E-state index in [9.17, 15) is 13.2 Å². The van der Waals surface area contributed by atoms with Crippen molar-refractivity contribution < 1.29 is 27.1 Å². The van der Waals surface area contributed by atoms with Gasteiger partial charge < -0.3 is 18.8 Å². The van der Waals surface area contributed by atoms with Gasteiger partial charge in [0.2, 0.25) is 15.9 Å². The van der Waals surface area contributed by atoms with Crippen LogP contribution in [0.1, 0.15) is 37.4 Å². The number of carbonyl (C=O) groups excluding carboxylic acids is 1. The number of hydrogen-bond donors (Lipinski definition) is 0. The monoisotopic (exact) mass is 528 g/mol. The SMILES string of the molecule is CCC(C)N(CC(=O)N(CCc1ccc(OC)c(OC)c1)Cc1ccc(C)o1)S(=O)(=O)c1ccccc1. The number of methoxy groups -OCH3 is 2. The molecule has 2 aromatic carbocycles. The Hall–Kier alpha value is -3.30. The number of hydrogen-bond acceptors (Lipinski definition) is 6. The van der Waals surface area contributed by atoms with Gasteiger partial charge in [-0.2, -0.15) is 4.31 Å². The van der Waals surface area contributed by atoms with Crippen molar-refractivity contribution in [2.24, 2.45) is 0 Å². The van der Waals surface area contributed by atoms with E-state index < -0.39 is 10.0 Å². The van der Waals surface area contributed by atoms with Gasteiger partial charge >= 0.3 is 0 Å². The standard InChI is InChI=1S/C28H36N2O6S/c1-6-21(2)30(37(32,33)25-10-8-7-9-11-25)20-28(31)29(19-24-14-12-22(3)36-24)17-16-23-13-15-26(34-4)27(18-23)35-5/h7-15,18,21H,6,16-17,19-20H2,1-5H3. The third-order valence-electron chi connectivity index (χ3n) is 6.34. The number of aryl methyl sites for hydroxylation is 1. The van der Waals surface area contributed by atoms with Crippen molar-refractivity contribution >= 4 is 15.9 Å². The van der Waals surface area contributed by atoms with Crippen LogP contribution in [0.3, 0.4) is 0 Å². The number of amides is 1. The molecule has 1 heterocycles. The van der Waals surface area contributed by atoms with Gasteiger partial charge in [0.15, 0.2) is 11.5 Å². The first-order valence-electron chi connectivity index (χ1n) is 12.3. The maximum atomic E-state index is 13.6. The molecule has 37 heavy (non-hydrogen) atoms. The predicted molar refractivity (Wildman–Crippen MR) is 142 cm³/mol. The lowest BCUT2D eigenvalue weighted by Gasteiger charge is -2.30. The molecule has 0 aliphatic heterocycles. The van der Waals surface area contributed by atoms with Gasteiger partial charge in [-0.3, -0.25) is 4.79 Å². The normalized spacial score (nSPS) is 12.4. The quantitative estimate of drug-likeness (QED) is 0.320. The van der Waals surface area contributed by atoms with Gasteiger partial charge in [-0.15, -0.1) is 0 Å². The van der Waals surface area contributed by atoms with E-state index >= 15 is 0 Å². The van der Waals surface area contributed by atoms with Gasteiger partial charge in [0.1, 0.15) is 11.5 Å². The lowest BCUT2D eigenvalue weighted by molar-refractivity contribution is -0.132. The fraction of sp³-hybridized carbons (Fsp3) is 0.393. The van der Waals surface area contributed by atoms with Crippen molar-refractivity contribution in [1.29, 1.82) is 0 Å². The third kappa shape index (κ3) is 7.14. The number of nitrogens with zero attached hydrogens (tertiary/aromatic N) is 2. The van der Waals surface area contributed by atoms with Gasteiger partial charge in [0.25, 0.3) is 0 Å². The summed E-state index contributed by atoms with van der Waals surface area (Å²) >= 11 is 0. The summed E-state index contributed by atoms with van der Waals surface area (Å²) in [5, 5.41) is 0. The van der Waals surface area contributed by atoms with E-state index in [0.717, 1.165) is 11.3 Å². The van der Waals surface area contributed by atoms with Crippen LogP contribution >= 0.6 is 0 Å². The summed E-state index contributed by atoms with van der Waals surface area (Å²) in [6.07, 6.45) is 1.11. The smallest absolute Gasteiger partial charge is 0.243 e. The number of benzene rings is 2. The highest BCUT2D eigenvalue weighted by molar-refractivity contribution is 7.89. The number of carbonyl (C=O) groups is 1. The van der Waals surface area contributed by atoms with Crippen molar-refractivity contribution in [3.63, 3.8) is 0 Å². The number of ether oxygens (including phenoxy) is 2. The van der Waals surface area contributed by atoms with E-state index in [1.807, 2.05) is 51.1 Å². The molecule has 0 saturated heterocycles. The van der Waals surface area contributed by atoms with Crippen molar-refractivity contribution in [3.8, 4) is 11.5 Å². The summed E-state index contributed by atoms with van der Waals surface area (Å²) in [6, 6.07) is 17.2. The molecule has 0 fully saturated rings. The fourth-order valence-corrected chi connectivity index (χ4v) is 5.67. The Morgan fingerprint density at radius 3 is 2.30 bits per heavy atom. The topological polar surface area (TPSA) is 89.3 Å². The largest absolute Gasteiger partial charge is 0.493 e. The molecule has 1 amide bonds. The zero-order valence-corrected chi connectivity index (χ0v) is 23.0. The summed E-state index contributed by atoms with van der Waals surface area (Å²) in [5.74, 6) is 2.32. The summed E-state index contributed by atoms with van der Waals surface area (Å²) < 4.78 is 44.7. The molecule has 1 atom stereocenters. The lowest BCUT2D eigenvalue weighted by Crippen LogP contribution is -2.46. The molecule has 3 rings (SSSR count). The first kappa shape index (κ1) is 28.3. The molecule has 0 N–H and O–H groups in total. The van der Waals surface area contributed by atoms with Gasteiger partial charge in [-0.25, -0.2) is 8.42 Å². The molecule has 3 aromatic rings. The molecule has 0 saturated carbocycles. The average Bonchev–Trinajstić information content (AvgIpc) is 3.33. The Balaban J connectivity index is 1.85. The van der Waals surface area contributed by atoms with E-state index in [-0.39, 0.29) is 29.9 Å². The molecule has 0 spiro atoms. The Labute approximate surface area is 219 Å². The van der Waals surface area contributed by atoms with Crippen LogP contribution in [0.15, 0.2) is 70.0 Å². The van der Waals surface area contributed by atoms with Crippen LogP contribution in [0.25, 0.3) is 0 Å². The van der Waals surface area contributed by atoms with Gasteiger partial charge in [0, 0.05) is 12.6 Å². The Bertz CT molecular complexity index is 1270. The van der Waals surface area contributed by atoms with Crippen LogP contribution in [-0.4, -0.2) is 56.9 Å². The van der Waals surface area contributed by atoms with Crippen molar-refractivity contribution in [1.82, 2.24) is 9.21 Å². The minimum absolute atomic E-state index is 0.168. The Morgan fingerprint density at radius 1 is 1.00 bits per heavy atom. The molecule has 200 valence electrons. The van der Waals surface area contributed by atoms with Crippen LogP contribution < -0.4 is 9.47 Å². The Morgan fingerprint density at radius 2 is 1.70 bits per heavy atom. The molecule has 0 radical (unpaired) electrons. The molecular weight excluding hydrogens is 492 g/mol. The number of sulfonamides is 1. The second kappa shape index (κ2) is 12.8. The highest BCUT2D eigenvalue weighted by Crippen LogP contribution is 2.28. The first-order valence-corrected chi connectivity index (χ1v) is 13.7. The van der Waals surface area contributed by atoms with Crippen molar-refractivity contribution in [2.45, 2.75) is 51.1 Å². The molecule has 0 aliphatic rings. The second-order valence-corrected chi connectivity index (χ2v) is 10.8.